The number of benzene rings is 1. The minimum absolute atomic E-state index is 0.0202. The summed E-state index contributed by atoms with van der Waals surface area (Å²) in [5.41, 5.74) is 2.44. The van der Waals surface area contributed by atoms with Crippen LogP contribution in [0.25, 0.3) is 0 Å². The maximum atomic E-state index is 9.06. The van der Waals surface area contributed by atoms with Crippen molar-refractivity contribution in [2.75, 3.05) is 34.0 Å². The summed E-state index contributed by atoms with van der Waals surface area (Å²) in [6.07, 6.45) is 1.72. The van der Waals surface area contributed by atoms with Gasteiger partial charge in [-0.3, -0.25) is 0 Å². The lowest BCUT2D eigenvalue weighted by Crippen LogP contribution is -2.47. The monoisotopic (exact) mass is 266 g/mol. The van der Waals surface area contributed by atoms with Crippen molar-refractivity contribution in [1.82, 2.24) is 0 Å². The van der Waals surface area contributed by atoms with Crippen molar-refractivity contribution in [2.45, 2.75) is 25.2 Å². The second kappa shape index (κ2) is 5.80. The fourth-order valence-electron chi connectivity index (χ4n) is 2.75. The number of ether oxygens (including phenoxy) is 3. The Kier molecular flexibility index (Phi) is 4.32. The zero-order valence-electron chi connectivity index (χ0n) is 11.9. The molecule has 1 aliphatic heterocycles. The van der Waals surface area contributed by atoms with E-state index in [2.05, 4.69) is 6.92 Å². The van der Waals surface area contributed by atoms with E-state index in [0.717, 1.165) is 24.3 Å². The van der Waals surface area contributed by atoms with Crippen LogP contribution in [0, 0.1) is 6.92 Å². The predicted octanol–water partition coefficient (Wildman–Crippen LogP) is 2.05. The molecule has 0 bridgehead atoms. The third-order valence-corrected chi connectivity index (χ3v) is 3.87. The van der Waals surface area contributed by atoms with Gasteiger partial charge in [-0.25, -0.2) is 0 Å². The number of methoxy groups -OCH3 is 2. The highest BCUT2D eigenvalue weighted by Gasteiger charge is 2.41. The molecule has 4 nitrogen and oxygen atoms in total. The van der Waals surface area contributed by atoms with Gasteiger partial charge in [-0.2, -0.15) is 0 Å². The Hall–Kier alpha value is -1.26. The minimum atomic E-state index is 0.0202. The van der Waals surface area contributed by atoms with Gasteiger partial charge in [0.05, 0.1) is 27.4 Å². The fraction of sp³-hybridized carbons (Fsp3) is 0.600. The van der Waals surface area contributed by atoms with E-state index in [9.17, 15) is 0 Å². The number of aliphatic hydroxyl groups excluding tert-OH is 1. The molecule has 0 aliphatic carbocycles. The first-order chi connectivity index (χ1) is 9.16. The number of hydrogen-bond acceptors (Lipinski definition) is 4. The summed E-state index contributed by atoms with van der Waals surface area (Å²) in [7, 11) is 3.29. The van der Waals surface area contributed by atoms with Gasteiger partial charge in [0, 0.05) is 12.0 Å². The van der Waals surface area contributed by atoms with Crippen molar-refractivity contribution >= 4 is 0 Å². The molecule has 0 unspecified atom stereocenters. The topological polar surface area (TPSA) is 47.9 Å². The second-order valence-electron chi connectivity index (χ2n) is 5.12. The van der Waals surface area contributed by atoms with Crippen LogP contribution in [0.4, 0.5) is 0 Å². The van der Waals surface area contributed by atoms with Gasteiger partial charge >= 0.3 is 0 Å². The molecule has 0 saturated carbocycles. The van der Waals surface area contributed by atoms with Crippen LogP contribution in [0.2, 0.25) is 0 Å². The molecule has 2 rings (SSSR count). The average Bonchev–Trinajstić information content (AvgIpc) is 2.38. The van der Waals surface area contributed by atoms with E-state index in [4.69, 9.17) is 19.3 Å². The molecular formula is C15H22O4. The average molecular weight is 266 g/mol. The summed E-state index contributed by atoms with van der Waals surface area (Å²) < 4.78 is 16.1. The van der Waals surface area contributed by atoms with Gasteiger partial charge in [-0.15, -0.1) is 0 Å². The van der Waals surface area contributed by atoms with Crippen molar-refractivity contribution in [3.63, 3.8) is 0 Å². The van der Waals surface area contributed by atoms with E-state index in [1.54, 1.807) is 14.2 Å². The molecule has 1 N–H and O–H groups in total. The molecule has 0 atom stereocenters. The molecule has 1 saturated heterocycles. The van der Waals surface area contributed by atoms with Crippen molar-refractivity contribution in [3.05, 3.63) is 23.3 Å². The van der Waals surface area contributed by atoms with E-state index in [1.807, 2.05) is 12.1 Å². The molecule has 1 aliphatic rings. The fourth-order valence-corrected chi connectivity index (χ4v) is 2.75. The molecule has 0 amide bonds. The first-order valence-corrected chi connectivity index (χ1v) is 6.58. The van der Waals surface area contributed by atoms with Gasteiger partial charge in [-0.1, -0.05) is 0 Å². The Balaban J connectivity index is 2.37. The van der Waals surface area contributed by atoms with Crippen LogP contribution in [0.3, 0.4) is 0 Å². The van der Waals surface area contributed by atoms with E-state index in [1.165, 1.54) is 11.1 Å². The quantitative estimate of drug-likeness (QED) is 0.856. The van der Waals surface area contributed by atoms with E-state index in [0.29, 0.717) is 13.2 Å². The highest BCUT2D eigenvalue weighted by atomic mass is 16.5. The maximum Gasteiger partial charge on any atom is 0.161 e. The van der Waals surface area contributed by atoms with Crippen LogP contribution in [-0.2, 0) is 10.2 Å². The van der Waals surface area contributed by atoms with E-state index < -0.39 is 0 Å². The van der Waals surface area contributed by atoms with Crippen LogP contribution in [0.5, 0.6) is 11.5 Å². The van der Waals surface area contributed by atoms with Crippen molar-refractivity contribution < 1.29 is 19.3 Å². The largest absolute Gasteiger partial charge is 0.493 e. The third kappa shape index (κ3) is 2.55. The molecule has 1 fully saturated rings. The minimum Gasteiger partial charge on any atom is -0.493 e. The molecular weight excluding hydrogens is 244 g/mol. The molecule has 19 heavy (non-hydrogen) atoms. The maximum absolute atomic E-state index is 9.06. The third-order valence-electron chi connectivity index (χ3n) is 3.87. The molecule has 4 heteroatoms. The summed E-state index contributed by atoms with van der Waals surface area (Å²) in [6, 6.07) is 4.06. The zero-order chi connectivity index (χ0) is 13.9. The first-order valence-electron chi connectivity index (χ1n) is 6.58. The Morgan fingerprint density at radius 1 is 1.21 bits per heavy atom. The molecule has 0 radical (unpaired) electrons. The number of aliphatic hydroxyl groups is 1. The highest BCUT2D eigenvalue weighted by Crippen LogP contribution is 2.42. The Labute approximate surface area is 114 Å². The number of aryl methyl sites for hydroxylation is 1. The molecule has 1 aromatic carbocycles. The lowest BCUT2D eigenvalue weighted by molar-refractivity contribution is -0.0668. The van der Waals surface area contributed by atoms with Gasteiger partial charge in [0.2, 0.25) is 0 Å². The predicted molar refractivity (Wildman–Crippen MR) is 73.1 cm³/mol. The van der Waals surface area contributed by atoms with Crippen LogP contribution >= 0.6 is 0 Å². The van der Waals surface area contributed by atoms with Gasteiger partial charge in [-0.05, 0) is 43.0 Å². The van der Waals surface area contributed by atoms with Crippen molar-refractivity contribution in [1.29, 1.82) is 0 Å². The molecule has 1 aromatic rings. The second-order valence-corrected chi connectivity index (χ2v) is 5.12. The van der Waals surface area contributed by atoms with Crippen LogP contribution in [0.1, 0.15) is 24.0 Å². The lowest BCUT2D eigenvalue weighted by Gasteiger charge is -2.43. The molecule has 0 aromatic heterocycles. The first kappa shape index (κ1) is 14.2. The summed E-state index contributed by atoms with van der Waals surface area (Å²) in [6.45, 7) is 3.72. The Morgan fingerprint density at radius 3 is 2.32 bits per heavy atom. The number of hydrogen-bond donors (Lipinski definition) is 1. The van der Waals surface area contributed by atoms with Crippen molar-refractivity contribution in [3.8, 4) is 11.5 Å². The van der Waals surface area contributed by atoms with Crippen LogP contribution in [-0.4, -0.2) is 39.1 Å². The number of rotatable bonds is 6. The summed E-state index contributed by atoms with van der Waals surface area (Å²) in [5.74, 6) is 1.50. The molecule has 0 spiro atoms. The van der Waals surface area contributed by atoms with Gasteiger partial charge in [0.15, 0.2) is 11.5 Å². The standard InChI is InChI=1S/C15H22O4/c1-11-7-13(17-2)14(18-3)8-12(11)15(5-4-6-16)9-19-10-15/h7-8,16H,4-6,9-10H2,1-3H3. The molecule has 106 valence electrons. The Morgan fingerprint density at radius 2 is 1.84 bits per heavy atom. The zero-order valence-corrected chi connectivity index (χ0v) is 11.9. The summed E-state index contributed by atoms with van der Waals surface area (Å²) in [4.78, 5) is 0. The SMILES string of the molecule is COc1cc(C)c(C2(CCCO)COC2)cc1OC. The van der Waals surface area contributed by atoms with E-state index in [-0.39, 0.29) is 12.0 Å². The smallest absolute Gasteiger partial charge is 0.161 e. The van der Waals surface area contributed by atoms with E-state index >= 15 is 0 Å². The van der Waals surface area contributed by atoms with Gasteiger partial charge in [0.1, 0.15) is 0 Å². The van der Waals surface area contributed by atoms with Gasteiger partial charge < -0.3 is 19.3 Å². The van der Waals surface area contributed by atoms with Crippen LogP contribution < -0.4 is 9.47 Å². The molecule has 1 heterocycles. The van der Waals surface area contributed by atoms with Crippen LogP contribution in [0.15, 0.2) is 12.1 Å². The lowest BCUT2D eigenvalue weighted by atomic mass is 9.73. The normalized spacial score (nSPS) is 16.8. The Bertz CT molecular complexity index is 438. The summed E-state index contributed by atoms with van der Waals surface area (Å²) >= 11 is 0. The summed E-state index contributed by atoms with van der Waals surface area (Å²) in [5, 5.41) is 9.06. The van der Waals surface area contributed by atoms with Crippen molar-refractivity contribution in [2.24, 2.45) is 0 Å². The van der Waals surface area contributed by atoms with Gasteiger partial charge in [0.25, 0.3) is 0 Å². The highest BCUT2D eigenvalue weighted by molar-refractivity contribution is 5.50.